The molecule has 0 spiro atoms. The molecular formula is C32H44F6N2O4. The predicted molar refractivity (Wildman–Crippen MR) is 156 cm³/mol. The molecule has 0 aromatic heterocycles. The zero-order valence-corrected chi connectivity index (χ0v) is 25.7. The van der Waals surface area contributed by atoms with Crippen LogP contribution in [0.4, 0.5) is 26.3 Å². The Bertz CT molecular complexity index is 1070. The second-order valence-electron chi connectivity index (χ2n) is 12.5. The molecule has 2 saturated carbocycles. The molecular weight excluding hydrogens is 590 g/mol. The Kier molecular flexibility index (Phi) is 12.0. The van der Waals surface area contributed by atoms with Gasteiger partial charge in [-0.25, -0.2) is 0 Å². The van der Waals surface area contributed by atoms with Crippen LogP contribution in [0.2, 0.25) is 0 Å². The average molecular weight is 635 g/mol. The molecule has 0 saturated heterocycles. The van der Waals surface area contributed by atoms with Gasteiger partial charge < -0.3 is 29.5 Å². The molecule has 2 aliphatic carbocycles. The van der Waals surface area contributed by atoms with Crippen molar-refractivity contribution >= 4 is 0 Å². The molecule has 0 unspecified atom stereocenters. The number of hydrogen-bond donors (Lipinski definition) is 2. The van der Waals surface area contributed by atoms with Crippen molar-refractivity contribution in [3.8, 4) is 11.5 Å². The van der Waals surface area contributed by atoms with E-state index in [0.29, 0.717) is 25.9 Å². The number of alkyl halides is 6. The Balaban J connectivity index is 0.000000240. The van der Waals surface area contributed by atoms with E-state index in [1.165, 1.54) is 24.3 Å². The molecule has 6 nitrogen and oxygen atoms in total. The van der Waals surface area contributed by atoms with Crippen LogP contribution < -0.4 is 9.47 Å². The quantitative estimate of drug-likeness (QED) is 0.318. The van der Waals surface area contributed by atoms with Crippen LogP contribution in [0.3, 0.4) is 0 Å². The van der Waals surface area contributed by atoms with Crippen molar-refractivity contribution in [3.05, 3.63) is 59.7 Å². The Hall–Kier alpha value is -2.54. The van der Waals surface area contributed by atoms with Crippen molar-refractivity contribution in [2.45, 2.75) is 87.1 Å². The first-order chi connectivity index (χ1) is 20.5. The Morgan fingerprint density at radius 2 is 0.932 bits per heavy atom. The van der Waals surface area contributed by atoms with E-state index in [-0.39, 0.29) is 11.5 Å². The van der Waals surface area contributed by atoms with Crippen molar-refractivity contribution in [1.82, 2.24) is 9.80 Å². The van der Waals surface area contributed by atoms with Crippen LogP contribution >= 0.6 is 0 Å². The molecule has 0 bridgehead atoms. The number of ether oxygens (including phenoxy) is 2. The minimum absolute atomic E-state index is 0.235. The lowest BCUT2D eigenvalue weighted by molar-refractivity contribution is -0.275. The highest BCUT2D eigenvalue weighted by Crippen LogP contribution is 2.42. The van der Waals surface area contributed by atoms with Crippen molar-refractivity contribution < 1.29 is 46.0 Å². The fraction of sp³-hybridized carbons (Fsp3) is 0.625. The molecule has 0 heterocycles. The summed E-state index contributed by atoms with van der Waals surface area (Å²) >= 11 is 0. The summed E-state index contributed by atoms with van der Waals surface area (Å²) in [6, 6.07) is 11.8. The van der Waals surface area contributed by atoms with Crippen LogP contribution in [-0.2, 0) is 10.8 Å². The predicted octanol–water partition coefficient (Wildman–Crippen LogP) is 6.64. The minimum atomic E-state index is -4.69. The SMILES string of the molecule is CN(C)C[C@@]1(c2ccc(OC(F)(F)F)cc2)CCCC[C@H]1O.CN(C)C[C@]1(c2ccc(OC(F)(F)F)cc2)CCCC[C@@H]1O. The summed E-state index contributed by atoms with van der Waals surface area (Å²) in [4.78, 5) is 4.02. The van der Waals surface area contributed by atoms with E-state index in [9.17, 15) is 36.6 Å². The number of halogens is 6. The van der Waals surface area contributed by atoms with Crippen LogP contribution in [0.25, 0.3) is 0 Å². The summed E-state index contributed by atoms with van der Waals surface area (Å²) in [5, 5.41) is 21.1. The molecule has 0 aliphatic heterocycles. The molecule has 12 heteroatoms. The normalized spacial score (nSPS) is 26.2. The maximum atomic E-state index is 12.2. The second kappa shape index (κ2) is 14.7. The molecule has 44 heavy (non-hydrogen) atoms. The van der Waals surface area contributed by atoms with Crippen LogP contribution in [0.1, 0.15) is 62.5 Å². The highest BCUT2D eigenvalue weighted by molar-refractivity contribution is 5.36. The zero-order chi connectivity index (χ0) is 32.8. The summed E-state index contributed by atoms with van der Waals surface area (Å²) in [6.07, 6.45) is -3.30. The van der Waals surface area contributed by atoms with E-state index in [2.05, 4.69) is 9.47 Å². The van der Waals surface area contributed by atoms with Gasteiger partial charge in [-0.15, -0.1) is 26.3 Å². The Morgan fingerprint density at radius 1 is 0.614 bits per heavy atom. The van der Waals surface area contributed by atoms with Gasteiger partial charge in [-0.05, 0) is 89.3 Å². The lowest BCUT2D eigenvalue weighted by Crippen LogP contribution is -2.49. The minimum Gasteiger partial charge on any atom is -0.406 e. The van der Waals surface area contributed by atoms with E-state index in [1.807, 2.05) is 38.0 Å². The lowest BCUT2D eigenvalue weighted by Gasteiger charge is -2.43. The first-order valence-electron chi connectivity index (χ1n) is 14.8. The van der Waals surface area contributed by atoms with Gasteiger partial charge in [0.05, 0.1) is 12.2 Å². The standard InChI is InChI=1S/2C16H22F3NO2/c2*1-20(2)11-15(10-4-3-5-14(15)21)12-6-8-13(9-7-12)22-16(17,18)19/h2*6-9,14,21H,3-5,10-11H2,1-2H3/t2*14-,15-/m10/s1. The van der Waals surface area contributed by atoms with Crippen LogP contribution in [-0.4, -0.2) is 86.2 Å². The van der Waals surface area contributed by atoms with Gasteiger partial charge in [-0.3, -0.25) is 0 Å². The molecule has 0 amide bonds. The summed E-state index contributed by atoms with van der Waals surface area (Å²) in [5.41, 5.74) is 0.864. The summed E-state index contributed by atoms with van der Waals surface area (Å²) in [6.45, 7) is 1.32. The van der Waals surface area contributed by atoms with Gasteiger partial charge in [0.25, 0.3) is 0 Å². The third kappa shape index (κ3) is 9.73. The number of aliphatic hydroxyl groups excluding tert-OH is 2. The van der Waals surface area contributed by atoms with E-state index >= 15 is 0 Å². The van der Waals surface area contributed by atoms with Crippen molar-refractivity contribution in [3.63, 3.8) is 0 Å². The van der Waals surface area contributed by atoms with Gasteiger partial charge in [0.2, 0.25) is 0 Å². The molecule has 0 radical (unpaired) electrons. The monoisotopic (exact) mass is 634 g/mol. The Labute approximate surface area is 255 Å². The molecule has 2 fully saturated rings. The number of nitrogens with zero attached hydrogens (tertiary/aromatic N) is 2. The van der Waals surface area contributed by atoms with Gasteiger partial charge in [0.15, 0.2) is 0 Å². The third-order valence-electron chi connectivity index (χ3n) is 8.50. The fourth-order valence-electron chi connectivity index (χ4n) is 6.77. The molecule has 4 atom stereocenters. The zero-order valence-electron chi connectivity index (χ0n) is 25.7. The van der Waals surface area contributed by atoms with Gasteiger partial charge in [0.1, 0.15) is 11.5 Å². The average Bonchev–Trinajstić information content (AvgIpc) is 2.90. The lowest BCUT2D eigenvalue weighted by atomic mass is 9.67. The maximum absolute atomic E-state index is 12.2. The van der Waals surface area contributed by atoms with Gasteiger partial charge in [0, 0.05) is 23.9 Å². The van der Waals surface area contributed by atoms with Gasteiger partial charge in [-0.2, -0.15) is 0 Å². The molecule has 2 N–H and O–H groups in total. The van der Waals surface area contributed by atoms with Crippen molar-refractivity contribution in [1.29, 1.82) is 0 Å². The topological polar surface area (TPSA) is 65.4 Å². The number of rotatable bonds is 8. The molecule has 2 aliphatic rings. The summed E-state index contributed by atoms with van der Waals surface area (Å²) in [5.74, 6) is -0.469. The largest absolute Gasteiger partial charge is 0.573 e. The number of hydrogen-bond acceptors (Lipinski definition) is 6. The maximum Gasteiger partial charge on any atom is 0.573 e. The van der Waals surface area contributed by atoms with Gasteiger partial charge >= 0.3 is 12.7 Å². The van der Waals surface area contributed by atoms with E-state index in [0.717, 1.165) is 49.7 Å². The Morgan fingerprint density at radius 3 is 1.18 bits per heavy atom. The number of likely N-dealkylation sites (N-methyl/N-ethyl adjacent to an activating group) is 2. The summed E-state index contributed by atoms with van der Waals surface area (Å²) < 4.78 is 81.2. The van der Waals surface area contributed by atoms with E-state index in [1.54, 1.807) is 24.3 Å². The third-order valence-corrected chi connectivity index (χ3v) is 8.50. The van der Waals surface area contributed by atoms with Crippen molar-refractivity contribution in [2.75, 3.05) is 41.3 Å². The van der Waals surface area contributed by atoms with Gasteiger partial charge in [-0.1, -0.05) is 49.9 Å². The molecule has 248 valence electrons. The number of aliphatic hydroxyl groups is 2. The number of benzene rings is 2. The summed E-state index contributed by atoms with van der Waals surface area (Å²) in [7, 11) is 7.74. The molecule has 2 aromatic carbocycles. The first kappa shape index (κ1) is 35.9. The van der Waals surface area contributed by atoms with E-state index < -0.39 is 35.8 Å². The fourth-order valence-corrected chi connectivity index (χ4v) is 6.77. The molecule has 4 rings (SSSR count). The highest BCUT2D eigenvalue weighted by atomic mass is 19.4. The highest BCUT2D eigenvalue weighted by Gasteiger charge is 2.43. The molecule has 2 aromatic rings. The smallest absolute Gasteiger partial charge is 0.406 e. The van der Waals surface area contributed by atoms with Crippen LogP contribution in [0.5, 0.6) is 11.5 Å². The second-order valence-corrected chi connectivity index (χ2v) is 12.5. The van der Waals surface area contributed by atoms with Crippen LogP contribution in [0, 0.1) is 0 Å². The van der Waals surface area contributed by atoms with E-state index in [4.69, 9.17) is 0 Å². The van der Waals surface area contributed by atoms with Crippen LogP contribution in [0.15, 0.2) is 48.5 Å². The first-order valence-corrected chi connectivity index (χ1v) is 14.8. The van der Waals surface area contributed by atoms with Crippen molar-refractivity contribution in [2.24, 2.45) is 0 Å².